The lowest BCUT2D eigenvalue weighted by atomic mass is 10.3. The second-order valence-electron chi connectivity index (χ2n) is 2.47. The van der Waals surface area contributed by atoms with E-state index < -0.39 is 5.97 Å². The summed E-state index contributed by atoms with van der Waals surface area (Å²) < 4.78 is 8.76. The number of rotatable bonds is 6. The summed E-state index contributed by atoms with van der Waals surface area (Å²) in [6, 6.07) is 0. The second kappa shape index (κ2) is 12.3. The summed E-state index contributed by atoms with van der Waals surface area (Å²) >= 11 is 0. The summed E-state index contributed by atoms with van der Waals surface area (Å²) in [5.41, 5.74) is 0. The van der Waals surface area contributed by atoms with Crippen LogP contribution in [0.15, 0.2) is 12.7 Å². The minimum atomic E-state index is -0.600. The van der Waals surface area contributed by atoms with E-state index >= 15 is 0 Å². The Balaban J connectivity index is 0. The van der Waals surface area contributed by atoms with Crippen molar-refractivity contribution in [1.82, 2.24) is 0 Å². The molecule has 0 fully saturated rings. The lowest BCUT2D eigenvalue weighted by Crippen LogP contribution is -2.12. The number of hydrogen-bond acceptors (Lipinski definition) is 5. The van der Waals surface area contributed by atoms with Gasteiger partial charge < -0.3 is 9.47 Å². The van der Waals surface area contributed by atoms with Crippen LogP contribution < -0.4 is 0 Å². The van der Waals surface area contributed by atoms with Gasteiger partial charge in [0.1, 0.15) is 25.4 Å². The third kappa shape index (κ3) is 19.0. The van der Waals surface area contributed by atoms with Crippen LogP contribution in [0.25, 0.3) is 0 Å². The number of Topliss-reactive ketones (excluding diaryl/α,β-unsaturated/α-hetero) is 1. The van der Waals surface area contributed by atoms with E-state index in [4.69, 9.17) is 0 Å². The minimum absolute atomic E-state index is 0.00907. The molecule has 0 aliphatic heterocycles. The first-order valence-corrected chi connectivity index (χ1v) is 4.35. The van der Waals surface area contributed by atoms with Gasteiger partial charge in [-0.15, -0.1) is 6.58 Å². The molecular formula is C10H16O5. The highest BCUT2D eigenvalue weighted by Crippen LogP contribution is 1.87. The minimum Gasteiger partial charge on any atom is -0.464 e. The lowest BCUT2D eigenvalue weighted by Gasteiger charge is -2.01. The molecule has 0 aliphatic carbocycles. The van der Waals surface area contributed by atoms with Crippen molar-refractivity contribution in [3.8, 4) is 0 Å². The van der Waals surface area contributed by atoms with Crippen molar-refractivity contribution in [3.63, 3.8) is 0 Å². The van der Waals surface area contributed by atoms with Gasteiger partial charge in [-0.3, -0.25) is 14.4 Å². The molecule has 0 aromatic rings. The van der Waals surface area contributed by atoms with E-state index in [1.165, 1.54) is 6.92 Å². The fraction of sp³-hybridized carbons (Fsp3) is 0.500. The molecule has 0 rings (SSSR count). The van der Waals surface area contributed by atoms with Gasteiger partial charge in [-0.2, -0.15) is 0 Å². The Hall–Kier alpha value is -1.65. The summed E-state index contributed by atoms with van der Waals surface area (Å²) in [4.78, 5) is 30.6. The lowest BCUT2D eigenvalue weighted by molar-refractivity contribution is -0.149. The van der Waals surface area contributed by atoms with Crippen LogP contribution >= 0.6 is 0 Å². The number of ether oxygens (including phenoxy) is 2. The van der Waals surface area contributed by atoms with Crippen molar-refractivity contribution in [1.29, 1.82) is 0 Å². The van der Waals surface area contributed by atoms with Gasteiger partial charge in [0.15, 0.2) is 0 Å². The summed E-state index contributed by atoms with van der Waals surface area (Å²) in [5, 5.41) is 0. The number of carbonyl (C=O) groups excluding carboxylic acids is 3. The topological polar surface area (TPSA) is 69.7 Å². The van der Waals surface area contributed by atoms with Crippen LogP contribution in [-0.4, -0.2) is 31.4 Å². The van der Waals surface area contributed by atoms with E-state index in [0.717, 1.165) is 0 Å². The van der Waals surface area contributed by atoms with E-state index in [1.807, 2.05) is 6.92 Å². The van der Waals surface area contributed by atoms with Crippen LogP contribution in [0.2, 0.25) is 0 Å². The fourth-order valence-corrected chi connectivity index (χ4v) is 0.506. The maximum absolute atomic E-state index is 10.6. The molecule has 0 atom stereocenters. The molecule has 0 saturated carbocycles. The normalized spacial score (nSPS) is 7.87. The fourth-order valence-electron chi connectivity index (χ4n) is 0.506. The molecule has 0 aliphatic rings. The maximum atomic E-state index is 10.6. The summed E-state index contributed by atoms with van der Waals surface area (Å²) in [7, 11) is 0. The molecule has 5 nitrogen and oxygen atoms in total. The van der Waals surface area contributed by atoms with Crippen LogP contribution in [0.3, 0.4) is 0 Å². The van der Waals surface area contributed by atoms with Gasteiger partial charge in [0.25, 0.3) is 6.47 Å². The SMILES string of the molecule is C=CC.CC(=O)CC(=O)OCCOC=O. The van der Waals surface area contributed by atoms with Crippen molar-refractivity contribution in [2.45, 2.75) is 20.3 Å². The summed E-state index contributed by atoms with van der Waals surface area (Å²) in [6.45, 7) is 6.82. The van der Waals surface area contributed by atoms with Crippen LogP contribution in [0.5, 0.6) is 0 Å². The summed E-state index contributed by atoms with van der Waals surface area (Å²) in [6.07, 6.45) is 1.51. The van der Waals surface area contributed by atoms with Crippen LogP contribution in [0.4, 0.5) is 0 Å². The smallest absolute Gasteiger partial charge is 0.313 e. The zero-order chi connectivity index (χ0) is 12.1. The Bertz CT molecular complexity index is 210. The number of hydrogen-bond donors (Lipinski definition) is 0. The van der Waals surface area contributed by atoms with Crippen molar-refractivity contribution < 1.29 is 23.9 Å². The van der Waals surface area contributed by atoms with Crippen LogP contribution in [-0.2, 0) is 23.9 Å². The van der Waals surface area contributed by atoms with Crippen molar-refractivity contribution in [2.24, 2.45) is 0 Å². The highest BCUT2D eigenvalue weighted by atomic mass is 16.6. The summed E-state index contributed by atoms with van der Waals surface area (Å²) in [5.74, 6) is -0.853. The van der Waals surface area contributed by atoms with Crippen LogP contribution in [0, 0.1) is 0 Å². The first-order valence-electron chi connectivity index (χ1n) is 4.35. The number of allylic oxidation sites excluding steroid dienone is 1. The Morgan fingerprint density at radius 1 is 1.33 bits per heavy atom. The molecule has 15 heavy (non-hydrogen) atoms. The van der Waals surface area contributed by atoms with Gasteiger partial charge in [0.05, 0.1) is 0 Å². The van der Waals surface area contributed by atoms with Gasteiger partial charge in [0.2, 0.25) is 0 Å². The average Bonchev–Trinajstić information content (AvgIpc) is 2.12. The Morgan fingerprint density at radius 3 is 2.27 bits per heavy atom. The first-order chi connectivity index (χ1) is 7.08. The molecule has 86 valence electrons. The highest BCUT2D eigenvalue weighted by Gasteiger charge is 2.05. The van der Waals surface area contributed by atoms with Crippen molar-refractivity contribution in [3.05, 3.63) is 12.7 Å². The number of carbonyl (C=O) groups is 3. The maximum Gasteiger partial charge on any atom is 0.313 e. The molecule has 0 radical (unpaired) electrons. The molecule has 0 bridgehead atoms. The molecule has 0 heterocycles. The third-order valence-electron chi connectivity index (χ3n) is 0.926. The molecule has 0 saturated heterocycles. The van der Waals surface area contributed by atoms with Crippen molar-refractivity contribution in [2.75, 3.05) is 13.2 Å². The van der Waals surface area contributed by atoms with E-state index in [0.29, 0.717) is 0 Å². The molecule has 5 heteroatoms. The van der Waals surface area contributed by atoms with E-state index in [2.05, 4.69) is 16.1 Å². The van der Waals surface area contributed by atoms with Crippen molar-refractivity contribution >= 4 is 18.2 Å². The Morgan fingerprint density at radius 2 is 1.87 bits per heavy atom. The predicted molar refractivity (Wildman–Crippen MR) is 54.1 cm³/mol. The second-order valence-corrected chi connectivity index (χ2v) is 2.47. The number of ketones is 1. The van der Waals surface area contributed by atoms with E-state index in [-0.39, 0.29) is 31.9 Å². The Kier molecular flexibility index (Phi) is 13.0. The predicted octanol–water partition coefficient (Wildman–Crippen LogP) is 0.874. The molecule has 0 unspecified atom stereocenters. The molecule has 0 N–H and O–H groups in total. The molecular weight excluding hydrogens is 200 g/mol. The number of esters is 1. The average molecular weight is 216 g/mol. The van der Waals surface area contributed by atoms with Gasteiger partial charge in [-0.1, -0.05) is 6.08 Å². The monoisotopic (exact) mass is 216 g/mol. The van der Waals surface area contributed by atoms with Crippen LogP contribution in [0.1, 0.15) is 20.3 Å². The molecule has 0 aromatic heterocycles. The van der Waals surface area contributed by atoms with E-state index in [9.17, 15) is 14.4 Å². The zero-order valence-electron chi connectivity index (χ0n) is 9.02. The van der Waals surface area contributed by atoms with E-state index in [1.54, 1.807) is 6.08 Å². The van der Waals surface area contributed by atoms with Gasteiger partial charge in [0, 0.05) is 0 Å². The molecule has 0 spiro atoms. The largest absolute Gasteiger partial charge is 0.464 e. The highest BCUT2D eigenvalue weighted by molar-refractivity contribution is 5.94. The van der Waals surface area contributed by atoms with Gasteiger partial charge in [-0.25, -0.2) is 0 Å². The zero-order valence-corrected chi connectivity index (χ0v) is 9.02. The molecule has 0 amide bonds. The standard InChI is InChI=1S/C7H10O5.C3H6/c1-6(9)4-7(10)12-3-2-11-5-8;1-3-2/h5H,2-4H2,1H3;3H,1H2,2H3. The van der Waals surface area contributed by atoms with Gasteiger partial charge in [-0.05, 0) is 13.8 Å². The van der Waals surface area contributed by atoms with Gasteiger partial charge >= 0.3 is 5.97 Å². The molecule has 0 aromatic carbocycles. The quantitative estimate of drug-likeness (QED) is 0.217. The Labute approximate surface area is 89.1 Å². The third-order valence-corrected chi connectivity index (χ3v) is 0.926. The first kappa shape index (κ1) is 15.8.